The van der Waals surface area contributed by atoms with Gasteiger partial charge >= 0.3 is 0 Å². The van der Waals surface area contributed by atoms with E-state index in [0.29, 0.717) is 18.0 Å². The van der Waals surface area contributed by atoms with Crippen LogP contribution in [0.2, 0.25) is 0 Å². The van der Waals surface area contributed by atoms with Crippen molar-refractivity contribution in [2.24, 2.45) is 5.92 Å². The average molecular weight is 433 g/mol. The Bertz CT molecular complexity index is 1020. The Labute approximate surface area is 189 Å². The molecular formula is C26H32N4S. The van der Waals surface area contributed by atoms with E-state index in [9.17, 15) is 0 Å². The van der Waals surface area contributed by atoms with Gasteiger partial charge in [0.05, 0.1) is 5.69 Å². The first-order valence-electron chi connectivity index (χ1n) is 11.7. The summed E-state index contributed by atoms with van der Waals surface area (Å²) in [5.74, 6) is 1.84. The van der Waals surface area contributed by atoms with E-state index in [1.165, 1.54) is 28.8 Å². The summed E-state index contributed by atoms with van der Waals surface area (Å²) in [6.45, 7) is 8.93. The van der Waals surface area contributed by atoms with Gasteiger partial charge in [-0.2, -0.15) is 0 Å². The maximum atomic E-state index is 5.01. The van der Waals surface area contributed by atoms with Crippen LogP contribution in [0, 0.1) is 12.8 Å². The molecule has 0 aliphatic carbocycles. The maximum absolute atomic E-state index is 5.01. The molecule has 2 fully saturated rings. The molecule has 3 atom stereocenters. The van der Waals surface area contributed by atoms with Gasteiger partial charge in [-0.15, -0.1) is 11.3 Å². The van der Waals surface area contributed by atoms with Crippen molar-refractivity contribution in [3.8, 4) is 10.7 Å². The van der Waals surface area contributed by atoms with Crippen molar-refractivity contribution >= 4 is 17.2 Å². The number of fused-ring (bicyclic) bond motifs is 1. The summed E-state index contributed by atoms with van der Waals surface area (Å²) in [5, 5.41) is 5.05. The van der Waals surface area contributed by atoms with Crippen LogP contribution in [0.4, 0.5) is 5.82 Å². The molecule has 2 saturated heterocycles. The highest BCUT2D eigenvalue weighted by Gasteiger charge is 2.40. The van der Waals surface area contributed by atoms with Crippen LogP contribution in [0.25, 0.3) is 10.7 Å². The molecule has 2 aliphatic rings. The Hall–Kier alpha value is -2.24. The molecule has 4 nitrogen and oxygen atoms in total. The molecular weight excluding hydrogens is 400 g/mol. The van der Waals surface area contributed by atoms with Crippen LogP contribution in [-0.4, -0.2) is 29.1 Å². The van der Waals surface area contributed by atoms with E-state index in [1.807, 2.05) is 18.3 Å². The number of thiazole rings is 1. The fourth-order valence-electron chi connectivity index (χ4n) is 5.52. The molecule has 2 aliphatic heterocycles. The fourth-order valence-corrected chi connectivity index (χ4v) is 6.44. The van der Waals surface area contributed by atoms with Gasteiger partial charge in [0, 0.05) is 36.2 Å². The van der Waals surface area contributed by atoms with Gasteiger partial charge in [-0.05, 0) is 67.3 Å². The zero-order valence-corrected chi connectivity index (χ0v) is 19.6. The Morgan fingerprint density at radius 2 is 1.90 bits per heavy atom. The lowest BCUT2D eigenvalue weighted by Crippen LogP contribution is -2.45. The van der Waals surface area contributed by atoms with E-state index >= 15 is 0 Å². The molecule has 1 aromatic carbocycles. The molecule has 1 N–H and O–H groups in total. The molecule has 5 rings (SSSR count). The number of benzene rings is 1. The van der Waals surface area contributed by atoms with Crippen molar-refractivity contribution in [2.75, 3.05) is 18.0 Å². The molecule has 0 spiro atoms. The van der Waals surface area contributed by atoms with E-state index in [1.54, 1.807) is 16.9 Å². The number of piperidine rings is 1. The SMILES string of the molecule is CCc1cccc(CC)c1C1CC2CN(c3nc(-c4ccccn4)sc3C)CCC2N1. The van der Waals surface area contributed by atoms with Crippen molar-refractivity contribution in [1.29, 1.82) is 0 Å². The number of hydrogen-bond acceptors (Lipinski definition) is 5. The maximum Gasteiger partial charge on any atom is 0.144 e. The standard InChI is InChI=1S/C26H32N4S/c1-4-18-9-8-10-19(5-2)24(18)23-15-20-16-30(14-12-21(20)28-23)25-17(3)31-26(29-25)22-11-6-7-13-27-22/h6-11,13,20-21,23,28H,4-5,12,14-16H2,1-3H3. The molecule has 3 aromatic rings. The van der Waals surface area contributed by atoms with Gasteiger partial charge in [-0.1, -0.05) is 38.1 Å². The van der Waals surface area contributed by atoms with Crippen molar-refractivity contribution in [2.45, 2.75) is 58.5 Å². The third-order valence-corrected chi connectivity index (χ3v) is 8.02. The highest BCUT2D eigenvalue weighted by atomic mass is 32.1. The van der Waals surface area contributed by atoms with Crippen LogP contribution in [-0.2, 0) is 12.8 Å². The zero-order valence-electron chi connectivity index (χ0n) is 18.8. The van der Waals surface area contributed by atoms with Gasteiger partial charge in [0.1, 0.15) is 10.8 Å². The van der Waals surface area contributed by atoms with Crippen LogP contribution in [0.3, 0.4) is 0 Å². The number of nitrogens with zero attached hydrogens (tertiary/aromatic N) is 3. The minimum atomic E-state index is 0.488. The van der Waals surface area contributed by atoms with Gasteiger partial charge in [0.25, 0.3) is 0 Å². The lowest BCUT2D eigenvalue weighted by molar-refractivity contribution is 0.374. The molecule has 4 heterocycles. The van der Waals surface area contributed by atoms with Gasteiger partial charge in [-0.3, -0.25) is 4.98 Å². The Morgan fingerprint density at radius 1 is 1.10 bits per heavy atom. The second-order valence-corrected chi connectivity index (χ2v) is 10.1. The molecule has 5 heteroatoms. The van der Waals surface area contributed by atoms with Gasteiger partial charge in [0.2, 0.25) is 0 Å². The summed E-state index contributed by atoms with van der Waals surface area (Å²) in [4.78, 5) is 13.3. The van der Waals surface area contributed by atoms with Crippen molar-refractivity contribution in [3.63, 3.8) is 0 Å². The molecule has 3 unspecified atom stereocenters. The lowest BCUT2D eigenvalue weighted by atomic mass is 9.87. The fraction of sp³-hybridized carbons (Fsp3) is 0.462. The van der Waals surface area contributed by atoms with Crippen LogP contribution < -0.4 is 10.2 Å². The van der Waals surface area contributed by atoms with Gasteiger partial charge in [0.15, 0.2) is 0 Å². The largest absolute Gasteiger partial charge is 0.355 e. The predicted molar refractivity (Wildman–Crippen MR) is 130 cm³/mol. The van der Waals surface area contributed by atoms with Crippen LogP contribution in [0.5, 0.6) is 0 Å². The van der Waals surface area contributed by atoms with Crippen molar-refractivity contribution in [1.82, 2.24) is 15.3 Å². The first-order valence-corrected chi connectivity index (χ1v) is 12.5. The van der Waals surface area contributed by atoms with Gasteiger partial charge < -0.3 is 10.2 Å². The van der Waals surface area contributed by atoms with Crippen molar-refractivity contribution in [3.05, 3.63) is 64.2 Å². The number of pyridine rings is 1. The van der Waals surface area contributed by atoms with Crippen molar-refractivity contribution < 1.29 is 0 Å². The summed E-state index contributed by atoms with van der Waals surface area (Å²) in [6.07, 6.45) is 6.47. The summed E-state index contributed by atoms with van der Waals surface area (Å²) < 4.78 is 0. The first kappa shape index (κ1) is 20.7. The number of aromatic nitrogens is 2. The second-order valence-electron chi connectivity index (χ2n) is 8.87. The molecule has 2 aromatic heterocycles. The van der Waals surface area contributed by atoms with Crippen LogP contribution >= 0.6 is 11.3 Å². The summed E-state index contributed by atoms with van der Waals surface area (Å²) in [5.41, 5.74) is 5.59. The third-order valence-electron chi connectivity index (χ3n) is 7.04. The Balaban J connectivity index is 1.35. The normalized spacial score (nSPS) is 23.2. The second kappa shape index (κ2) is 8.71. The minimum Gasteiger partial charge on any atom is -0.355 e. The molecule has 0 amide bonds. The summed E-state index contributed by atoms with van der Waals surface area (Å²) in [7, 11) is 0. The van der Waals surface area contributed by atoms with Crippen LogP contribution in [0.15, 0.2) is 42.6 Å². The Kier molecular flexibility index (Phi) is 5.81. The molecule has 0 radical (unpaired) electrons. The molecule has 162 valence electrons. The smallest absolute Gasteiger partial charge is 0.144 e. The predicted octanol–water partition coefficient (Wildman–Crippen LogP) is 5.57. The van der Waals surface area contributed by atoms with E-state index in [4.69, 9.17) is 4.98 Å². The molecule has 0 saturated carbocycles. The highest BCUT2D eigenvalue weighted by molar-refractivity contribution is 7.15. The molecule has 0 bridgehead atoms. The van der Waals surface area contributed by atoms with E-state index in [0.717, 1.165) is 42.5 Å². The van der Waals surface area contributed by atoms with E-state index in [2.05, 4.69) is 60.2 Å². The summed E-state index contributed by atoms with van der Waals surface area (Å²) in [6, 6.07) is 14.0. The number of nitrogens with one attached hydrogen (secondary N) is 1. The number of anilines is 1. The minimum absolute atomic E-state index is 0.488. The Morgan fingerprint density at radius 3 is 2.61 bits per heavy atom. The average Bonchev–Trinajstić information content (AvgIpc) is 3.41. The molecule has 31 heavy (non-hydrogen) atoms. The quantitative estimate of drug-likeness (QED) is 0.572. The number of hydrogen-bond donors (Lipinski definition) is 1. The van der Waals surface area contributed by atoms with E-state index in [-0.39, 0.29) is 0 Å². The summed E-state index contributed by atoms with van der Waals surface area (Å²) >= 11 is 1.76. The van der Waals surface area contributed by atoms with E-state index < -0.39 is 0 Å². The zero-order chi connectivity index (χ0) is 21.4. The van der Waals surface area contributed by atoms with Crippen LogP contribution in [0.1, 0.15) is 54.3 Å². The third kappa shape index (κ3) is 3.90. The first-order chi connectivity index (χ1) is 15.2. The monoisotopic (exact) mass is 432 g/mol. The number of rotatable bonds is 5. The lowest BCUT2D eigenvalue weighted by Gasteiger charge is -2.35. The van der Waals surface area contributed by atoms with Gasteiger partial charge in [-0.25, -0.2) is 4.98 Å². The highest BCUT2D eigenvalue weighted by Crippen LogP contribution is 2.40. The number of aryl methyl sites for hydroxylation is 3. The topological polar surface area (TPSA) is 41.1 Å².